The van der Waals surface area contributed by atoms with Crippen LogP contribution in [-0.4, -0.2) is 40.9 Å². The van der Waals surface area contributed by atoms with Gasteiger partial charge < -0.3 is 19.7 Å². The van der Waals surface area contributed by atoms with Crippen molar-refractivity contribution in [3.63, 3.8) is 0 Å². The van der Waals surface area contributed by atoms with Gasteiger partial charge in [0.1, 0.15) is 27.1 Å². The molecule has 0 spiro atoms. The van der Waals surface area contributed by atoms with Crippen molar-refractivity contribution < 1.29 is 9.53 Å². The van der Waals surface area contributed by atoms with Gasteiger partial charge in [-0.2, -0.15) is 0 Å². The molecule has 0 bridgehead atoms. The molecule has 7 nitrogen and oxygen atoms in total. The van der Waals surface area contributed by atoms with Gasteiger partial charge in [0.05, 0.1) is 31.2 Å². The Hall–Kier alpha value is -2.13. The Morgan fingerprint density at radius 2 is 2.03 bits per heavy atom. The van der Waals surface area contributed by atoms with Gasteiger partial charge >= 0.3 is 0 Å². The second-order valence-electron chi connectivity index (χ2n) is 6.64. The number of pyridine rings is 2. The van der Waals surface area contributed by atoms with E-state index in [0.29, 0.717) is 27.4 Å². The van der Waals surface area contributed by atoms with Crippen LogP contribution in [0.1, 0.15) is 19.3 Å². The van der Waals surface area contributed by atoms with E-state index in [1.165, 1.54) is 11.3 Å². The van der Waals surface area contributed by atoms with E-state index in [-0.39, 0.29) is 30.9 Å². The first-order valence-electron chi connectivity index (χ1n) is 9.29. The number of aromatic nitrogens is 3. The summed E-state index contributed by atoms with van der Waals surface area (Å²) in [6.45, 7) is 0.867. The number of rotatable bonds is 6. The fourth-order valence-electron chi connectivity index (χ4n) is 3.36. The molecule has 0 amide bonds. The topological polar surface area (TPSA) is 80.2 Å². The molecule has 0 saturated carbocycles. The van der Waals surface area contributed by atoms with Gasteiger partial charge in [0.15, 0.2) is 11.6 Å². The van der Waals surface area contributed by atoms with Crippen molar-refractivity contribution in [3.8, 4) is 16.5 Å². The Morgan fingerprint density at radius 3 is 2.68 bits per heavy atom. The van der Waals surface area contributed by atoms with Crippen LogP contribution in [0.25, 0.3) is 10.7 Å². The smallest absolute Gasteiger partial charge is 0.175 e. The summed E-state index contributed by atoms with van der Waals surface area (Å²) in [6, 6.07) is 7.43. The molecule has 11 heteroatoms. The molecule has 0 radical (unpaired) electrons. The maximum absolute atomic E-state index is 11.4. The number of piperidine rings is 1. The third-order valence-electron chi connectivity index (χ3n) is 4.81. The van der Waals surface area contributed by atoms with E-state index in [4.69, 9.17) is 16.3 Å². The summed E-state index contributed by atoms with van der Waals surface area (Å²) in [5, 5.41) is 3.93. The number of hydrogen-bond donors (Lipinski definition) is 1. The minimum absolute atomic E-state index is 0. The van der Waals surface area contributed by atoms with Crippen molar-refractivity contribution in [2.45, 2.75) is 25.3 Å². The van der Waals surface area contributed by atoms with Crippen LogP contribution in [0.3, 0.4) is 0 Å². The fraction of sp³-hybridized carbons (Fsp3) is 0.300. The lowest BCUT2D eigenvalue weighted by atomic mass is 10.0. The molecule has 1 saturated heterocycles. The standard InChI is InChI=1S/C20H20ClN5O2S.2ClH/c1-28-16-7-6-15(20-23-11-17(21)29-20)24-19(16)25-18-8-5-13(10-22-18)26-9-3-2-4-14(26)12-27;;/h5-8,10-12,14H,2-4,9H2,1H3,(H,22,24,25);2*1H. The van der Waals surface area contributed by atoms with Crippen molar-refractivity contribution in [2.24, 2.45) is 0 Å². The molecular weight excluding hydrogens is 481 g/mol. The second-order valence-corrected chi connectivity index (χ2v) is 8.30. The summed E-state index contributed by atoms with van der Waals surface area (Å²) in [4.78, 5) is 26.9. The van der Waals surface area contributed by atoms with Crippen molar-refractivity contribution in [1.29, 1.82) is 0 Å². The first kappa shape index (κ1) is 25.1. The predicted molar refractivity (Wildman–Crippen MR) is 130 cm³/mol. The van der Waals surface area contributed by atoms with Gasteiger partial charge in [0.2, 0.25) is 0 Å². The molecule has 166 valence electrons. The number of carbonyl (C=O) groups is 1. The second kappa shape index (κ2) is 11.5. The number of halogens is 3. The Balaban J connectivity index is 0.00000171. The molecule has 1 atom stereocenters. The normalized spacial score (nSPS) is 15.4. The predicted octanol–water partition coefficient (Wildman–Crippen LogP) is 5.41. The van der Waals surface area contributed by atoms with Gasteiger partial charge in [-0.1, -0.05) is 11.6 Å². The van der Waals surface area contributed by atoms with Gasteiger partial charge in [0, 0.05) is 6.54 Å². The van der Waals surface area contributed by atoms with Gasteiger partial charge in [-0.15, -0.1) is 36.2 Å². The van der Waals surface area contributed by atoms with Crippen LogP contribution < -0.4 is 15.0 Å². The van der Waals surface area contributed by atoms with Crippen molar-refractivity contribution >= 4 is 71.4 Å². The van der Waals surface area contributed by atoms with E-state index in [1.807, 2.05) is 24.3 Å². The minimum Gasteiger partial charge on any atom is -0.493 e. The Labute approximate surface area is 202 Å². The molecule has 1 fully saturated rings. The van der Waals surface area contributed by atoms with Crippen LogP contribution in [0, 0.1) is 0 Å². The number of hydrogen-bond acceptors (Lipinski definition) is 8. The third kappa shape index (κ3) is 5.77. The van der Waals surface area contributed by atoms with E-state index >= 15 is 0 Å². The Kier molecular flexibility index (Phi) is 9.31. The Morgan fingerprint density at radius 1 is 1.19 bits per heavy atom. The summed E-state index contributed by atoms with van der Waals surface area (Å²) in [7, 11) is 1.59. The summed E-state index contributed by atoms with van der Waals surface area (Å²) in [6.07, 6.45) is 7.46. The average molecular weight is 503 g/mol. The third-order valence-corrected chi connectivity index (χ3v) is 5.94. The largest absolute Gasteiger partial charge is 0.493 e. The maximum Gasteiger partial charge on any atom is 0.175 e. The quantitative estimate of drug-likeness (QED) is 0.452. The monoisotopic (exact) mass is 501 g/mol. The number of ether oxygens (including phenoxy) is 1. The molecular formula is C20H22Cl3N5O2S. The van der Waals surface area contributed by atoms with Gasteiger partial charge in [0.25, 0.3) is 0 Å². The lowest BCUT2D eigenvalue weighted by Gasteiger charge is -2.34. The van der Waals surface area contributed by atoms with Crippen LogP contribution in [0.15, 0.2) is 36.7 Å². The van der Waals surface area contributed by atoms with E-state index in [0.717, 1.165) is 42.8 Å². The highest BCUT2D eigenvalue weighted by Gasteiger charge is 2.22. The van der Waals surface area contributed by atoms with Gasteiger partial charge in [-0.3, -0.25) is 0 Å². The zero-order chi connectivity index (χ0) is 20.2. The van der Waals surface area contributed by atoms with Crippen LogP contribution in [-0.2, 0) is 4.79 Å². The average Bonchev–Trinajstić information content (AvgIpc) is 3.20. The number of methoxy groups -OCH3 is 1. The van der Waals surface area contributed by atoms with Gasteiger partial charge in [-0.05, 0) is 43.5 Å². The van der Waals surface area contributed by atoms with E-state index in [9.17, 15) is 4.79 Å². The summed E-state index contributed by atoms with van der Waals surface area (Å²) < 4.78 is 6.03. The highest BCUT2D eigenvalue weighted by atomic mass is 35.5. The number of anilines is 3. The SMILES string of the molecule is COc1ccc(-c2ncc(Cl)s2)nc1Nc1ccc(N2CCCCC2C=O)cn1.Cl.Cl. The zero-order valence-electron chi connectivity index (χ0n) is 16.7. The molecule has 0 aliphatic carbocycles. The lowest BCUT2D eigenvalue weighted by Crippen LogP contribution is -2.40. The van der Waals surface area contributed by atoms with Crippen LogP contribution in [0.4, 0.5) is 17.3 Å². The highest BCUT2D eigenvalue weighted by molar-refractivity contribution is 7.18. The number of nitrogens with one attached hydrogen (secondary N) is 1. The Bertz CT molecular complexity index is 1000. The molecule has 4 rings (SSSR count). The van der Waals surface area contributed by atoms with Crippen LogP contribution >= 0.6 is 47.8 Å². The molecule has 0 aromatic carbocycles. The summed E-state index contributed by atoms with van der Waals surface area (Å²) in [5.74, 6) is 1.77. The van der Waals surface area contributed by atoms with E-state index in [2.05, 4.69) is 25.2 Å². The molecule has 1 aliphatic heterocycles. The molecule has 3 aromatic rings. The molecule has 1 unspecified atom stereocenters. The van der Waals surface area contributed by atoms with Crippen LogP contribution in [0.2, 0.25) is 4.34 Å². The van der Waals surface area contributed by atoms with Gasteiger partial charge in [-0.25, -0.2) is 15.0 Å². The molecule has 1 N–H and O–H groups in total. The van der Waals surface area contributed by atoms with Crippen LogP contribution in [0.5, 0.6) is 5.75 Å². The molecule has 31 heavy (non-hydrogen) atoms. The van der Waals surface area contributed by atoms with Crippen molar-refractivity contribution in [3.05, 3.63) is 41.0 Å². The molecule has 3 aromatic heterocycles. The summed E-state index contributed by atoms with van der Waals surface area (Å²) >= 11 is 7.35. The first-order valence-corrected chi connectivity index (χ1v) is 10.5. The maximum atomic E-state index is 11.4. The van der Waals surface area contributed by atoms with Crippen molar-refractivity contribution in [2.75, 3.05) is 23.9 Å². The zero-order valence-corrected chi connectivity index (χ0v) is 19.9. The lowest BCUT2D eigenvalue weighted by molar-refractivity contribution is -0.109. The summed E-state index contributed by atoms with van der Waals surface area (Å²) in [5.41, 5.74) is 1.64. The van der Waals surface area contributed by atoms with E-state index < -0.39 is 0 Å². The minimum atomic E-state index is -0.0760. The van der Waals surface area contributed by atoms with E-state index in [1.54, 1.807) is 19.5 Å². The number of nitrogens with zero attached hydrogens (tertiary/aromatic N) is 4. The number of aldehydes is 1. The number of thiazole rings is 1. The first-order chi connectivity index (χ1) is 14.2. The number of carbonyl (C=O) groups excluding carboxylic acids is 1. The molecule has 4 heterocycles. The molecule has 1 aliphatic rings. The fourth-order valence-corrected chi connectivity index (χ4v) is 4.24. The van der Waals surface area contributed by atoms with Crippen molar-refractivity contribution in [1.82, 2.24) is 15.0 Å². The highest BCUT2D eigenvalue weighted by Crippen LogP contribution is 2.32.